The summed E-state index contributed by atoms with van der Waals surface area (Å²) in [5, 5.41) is 14.9. The van der Waals surface area contributed by atoms with Crippen LogP contribution >= 0.6 is 0 Å². The van der Waals surface area contributed by atoms with Crippen molar-refractivity contribution in [2.45, 2.75) is 6.54 Å². The molecule has 18 heavy (non-hydrogen) atoms. The lowest BCUT2D eigenvalue weighted by Gasteiger charge is -2.07. The van der Waals surface area contributed by atoms with Gasteiger partial charge in [-0.15, -0.1) is 0 Å². The highest BCUT2D eigenvalue weighted by Gasteiger charge is 2.04. The monoisotopic (exact) mass is 256 g/mol. The summed E-state index contributed by atoms with van der Waals surface area (Å²) in [7, 11) is 1.55. The van der Waals surface area contributed by atoms with Crippen molar-refractivity contribution in [2.24, 2.45) is 0 Å². The molecule has 5 nitrogen and oxygen atoms in total. The van der Waals surface area contributed by atoms with E-state index >= 15 is 0 Å². The third-order valence-corrected chi connectivity index (χ3v) is 2.27. The average molecular weight is 256 g/mol. The minimum atomic E-state index is -0.422. The molecule has 1 amide bonds. The largest absolute Gasteiger partial charge is 0.508 e. The van der Waals surface area contributed by atoms with Crippen molar-refractivity contribution in [1.82, 2.24) is 10.6 Å². The second kappa shape index (κ2) is 7.62. The number of rotatable bonds is 7. The van der Waals surface area contributed by atoms with Crippen LogP contribution in [0.2, 0.25) is 0 Å². The number of phenols is 1. The lowest BCUT2D eigenvalue weighted by molar-refractivity contribution is -0.120. The van der Waals surface area contributed by atoms with Crippen LogP contribution in [0, 0.1) is 5.82 Å². The number of carbonyl (C=O) groups is 1. The number of aromatic hydroxyl groups is 1. The van der Waals surface area contributed by atoms with Crippen molar-refractivity contribution in [1.29, 1.82) is 0 Å². The quantitative estimate of drug-likeness (QED) is 0.617. The SMILES string of the molecule is COCCNC(=O)CNCc1cc(F)ccc1O. The zero-order valence-electron chi connectivity index (χ0n) is 10.2. The summed E-state index contributed by atoms with van der Waals surface area (Å²) in [6.45, 7) is 1.22. The second-order valence-electron chi connectivity index (χ2n) is 3.72. The predicted octanol–water partition coefficient (Wildman–Crippen LogP) is 0.383. The molecule has 0 saturated carbocycles. The maximum atomic E-state index is 12.9. The molecule has 0 radical (unpaired) electrons. The number of amides is 1. The maximum Gasteiger partial charge on any atom is 0.234 e. The molecular formula is C12H17FN2O3. The van der Waals surface area contributed by atoms with Crippen LogP contribution in [0.5, 0.6) is 5.75 Å². The first kappa shape index (κ1) is 14.4. The van der Waals surface area contributed by atoms with Gasteiger partial charge in [0, 0.05) is 25.8 Å². The number of ether oxygens (including phenoxy) is 1. The number of nitrogens with one attached hydrogen (secondary N) is 2. The Morgan fingerprint density at radius 1 is 1.50 bits per heavy atom. The topological polar surface area (TPSA) is 70.6 Å². The molecule has 1 aromatic carbocycles. The van der Waals surface area contributed by atoms with Crippen LogP contribution in [0.4, 0.5) is 4.39 Å². The molecule has 0 heterocycles. The number of methoxy groups -OCH3 is 1. The fourth-order valence-electron chi connectivity index (χ4n) is 1.36. The van der Waals surface area contributed by atoms with Crippen LogP contribution in [0.25, 0.3) is 0 Å². The molecule has 3 N–H and O–H groups in total. The van der Waals surface area contributed by atoms with Crippen LogP contribution in [-0.2, 0) is 16.1 Å². The molecule has 100 valence electrons. The Morgan fingerprint density at radius 2 is 2.28 bits per heavy atom. The van der Waals surface area contributed by atoms with Gasteiger partial charge in [-0.2, -0.15) is 0 Å². The summed E-state index contributed by atoms with van der Waals surface area (Å²) in [6.07, 6.45) is 0. The maximum absolute atomic E-state index is 12.9. The van der Waals surface area contributed by atoms with Crippen molar-refractivity contribution in [3.8, 4) is 5.75 Å². The van der Waals surface area contributed by atoms with E-state index in [9.17, 15) is 14.3 Å². The molecule has 1 rings (SSSR count). The molecule has 0 aliphatic heterocycles. The standard InChI is InChI=1S/C12H17FN2O3/c1-18-5-4-15-12(17)8-14-7-9-6-10(13)2-3-11(9)16/h2-3,6,14,16H,4-5,7-8H2,1H3,(H,15,17). The zero-order chi connectivity index (χ0) is 13.4. The smallest absolute Gasteiger partial charge is 0.234 e. The number of carbonyl (C=O) groups excluding carboxylic acids is 1. The molecule has 1 aromatic rings. The van der Waals surface area contributed by atoms with Crippen molar-refractivity contribution in [2.75, 3.05) is 26.8 Å². The van der Waals surface area contributed by atoms with Crippen molar-refractivity contribution < 1.29 is 19.0 Å². The molecule has 0 aliphatic carbocycles. The van der Waals surface area contributed by atoms with Crippen LogP contribution < -0.4 is 10.6 Å². The summed E-state index contributed by atoms with van der Waals surface area (Å²) >= 11 is 0. The van der Waals surface area contributed by atoms with Crippen molar-refractivity contribution in [3.05, 3.63) is 29.6 Å². The summed E-state index contributed by atoms with van der Waals surface area (Å²) < 4.78 is 17.7. The lowest BCUT2D eigenvalue weighted by atomic mass is 10.2. The van der Waals surface area contributed by atoms with Gasteiger partial charge < -0.3 is 20.5 Å². The van der Waals surface area contributed by atoms with E-state index in [-0.39, 0.29) is 24.7 Å². The van der Waals surface area contributed by atoms with Gasteiger partial charge >= 0.3 is 0 Å². The Kier molecular flexibility index (Phi) is 6.10. The fourth-order valence-corrected chi connectivity index (χ4v) is 1.36. The first-order chi connectivity index (χ1) is 8.63. The van der Waals surface area contributed by atoms with Gasteiger partial charge in [0.2, 0.25) is 5.91 Å². The van der Waals surface area contributed by atoms with E-state index < -0.39 is 5.82 Å². The van der Waals surface area contributed by atoms with Crippen LogP contribution in [0.3, 0.4) is 0 Å². The van der Waals surface area contributed by atoms with E-state index in [2.05, 4.69) is 10.6 Å². The van der Waals surface area contributed by atoms with Crippen LogP contribution in [-0.4, -0.2) is 37.8 Å². The molecular weight excluding hydrogens is 239 g/mol. The minimum Gasteiger partial charge on any atom is -0.508 e. The van der Waals surface area contributed by atoms with E-state index in [1.165, 1.54) is 18.2 Å². The number of hydrogen-bond acceptors (Lipinski definition) is 4. The molecule has 0 aliphatic rings. The molecule has 0 saturated heterocycles. The van der Waals surface area contributed by atoms with E-state index in [4.69, 9.17) is 4.74 Å². The van der Waals surface area contributed by atoms with Crippen molar-refractivity contribution >= 4 is 5.91 Å². The van der Waals surface area contributed by atoms with E-state index in [0.29, 0.717) is 18.7 Å². The number of halogens is 1. The highest BCUT2D eigenvalue weighted by molar-refractivity contribution is 5.77. The number of benzene rings is 1. The van der Waals surface area contributed by atoms with Gasteiger partial charge in [0.25, 0.3) is 0 Å². The highest BCUT2D eigenvalue weighted by Crippen LogP contribution is 2.17. The zero-order valence-corrected chi connectivity index (χ0v) is 10.2. The van der Waals surface area contributed by atoms with Gasteiger partial charge in [0.05, 0.1) is 13.2 Å². The van der Waals surface area contributed by atoms with Gasteiger partial charge in [-0.1, -0.05) is 0 Å². The average Bonchev–Trinajstić information content (AvgIpc) is 2.34. The lowest BCUT2D eigenvalue weighted by Crippen LogP contribution is -2.35. The van der Waals surface area contributed by atoms with Gasteiger partial charge in [-0.3, -0.25) is 4.79 Å². The molecule has 0 atom stereocenters. The number of hydrogen-bond donors (Lipinski definition) is 3. The third kappa shape index (κ3) is 5.11. The first-order valence-electron chi connectivity index (χ1n) is 5.57. The molecule has 0 bridgehead atoms. The van der Waals surface area contributed by atoms with Crippen molar-refractivity contribution in [3.63, 3.8) is 0 Å². The molecule has 0 fully saturated rings. The summed E-state index contributed by atoms with van der Waals surface area (Å²) in [5.41, 5.74) is 0.416. The van der Waals surface area contributed by atoms with E-state index in [1.807, 2.05) is 0 Å². The summed E-state index contributed by atoms with van der Waals surface area (Å²) in [6, 6.07) is 3.69. The van der Waals surface area contributed by atoms with E-state index in [0.717, 1.165) is 0 Å². The molecule has 0 unspecified atom stereocenters. The Balaban J connectivity index is 2.28. The fraction of sp³-hybridized carbons (Fsp3) is 0.417. The normalized spacial score (nSPS) is 10.3. The Bertz CT molecular complexity index is 399. The summed E-state index contributed by atoms with van der Waals surface area (Å²) in [4.78, 5) is 11.3. The Morgan fingerprint density at radius 3 is 3.00 bits per heavy atom. The van der Waals surface area contributed by atoms with E-state index in [1.54, 1.807) is 7.11 Å². The highest BCUT2D eigenvalue weighted by atomic mass is 19.1. The second-order valence-corrected chi connectivity index (χ2v) is 3.72. The third-order valence-electron chi connectivity index (χ3n) is 2.27. The van der Waals surface area contributed by atoms with Gasteiger partial charge in [-0.25, -0.2) is 4.39 Å². The molecule has 6 heteroatoms. The van der Waals surface area contributed by atoms with Gasteiger partial charge in [0.1, 0.15) is 11.6 Å². The van der Waals surface area contributed by atoms with Crippen LogP contribution in [0.1, 0.15) is 5.56 Å². The van der Waals surface area contributed by atoms with Crippen LogP contribution in [0.15, 0.2) is 18.2 Å². The van der Waals surface area contributed by atoms with Gasteiger partial charge in [0.15, 0.2) is 0 Å². The Hall–Kier alpha value is -1.66. The predicted molar refractivity (Wildman–Crippen MR) is 64.7 cm³/mol. The molecule has 0 spiro atoms. The number of phenolic OH excluding ortho intramolecular Hbond substituents is 1. The minimum absolute atomic E-state index is 0.00342. The Labute approximate surface area is 105 Å². The first-order valence-corrected chi connectivity index (χ1v) is 5.57. The summed E-state index contributed by atoms with van der Waals surface area (Å²) in [5.74, 6) is -0.596. The molecule has 0 aromatic heterocycles. The van der Waals surface area contributed by atoms with Gasteiger partial charge in [-0.05, 0) is 18.2 Å².